The molecule has 10 nitrogen and oxygen atoms in total. The zero-order chi connectivity index (χ0) is 23.4. The minimum atomic E-state index is -0.512. The third-order valence-electron chi connectivity index (χ3n) is 5.85. The van der Waals surface area contributed by atoms with Crippen LogP contribution in [0.3, 0.4) is 0 Å². The van der Waals surface area contributed by atoms with E-state index in [0.29, 0.717) is 37.1 Å². The Labute approximate surface area is 184 Å². The molecule has 1 saturated carbocycles. The molecule has 0 unspecified atom stereocenters. The molecule has 2 N–H and O–H groups in total. The quantitative estimate of drug-likeness (QED) is 0.500. The van der Waals surface area contributed by atoms with E-state index in [4.69, 9.17) is 0 Å². The number of aryl methyl sites for hydroxylation is 2. The molecule has 1 aliphatic rings. The number of hydrogen-bond donors (Lipinski definition) is 2. The standard InChI is InChI=1S/C22H24N4O6/c1-13-3-9-17(25(29)30)11-19(13)23-21(27)15-5-7-16(8-6-15)22(28)24-20-12-18(26(31)32)10-4-14(20)2/h3-4,9-12,15-16H,5-8H2,1-2H3,(H,23,27)(H,24,28). The molecule has 0 atom stereocenters. The summed E-state index contributed by atoms with van der Waals surface area (Å²) in [6.07, 6.45) is 2.02. The van der Waals surface area contributed by atoms with Crippen LogP contribution >= 0.6 is 0 Å². The first-order valence-corrected chi connectivity index (χ1v) is 10.3. The number of nitro benzene ring substituents is 2. The van der Waals surface area contributed by atoms with Crippen LogP contribution in [0.1, 0.15) is 36.8 Å². The van der Waals surface area contributed by atoms with E-state index in [1.54, 1.807) is 26.0 Å². The second-order valence-electron chi connectivity index (χ2n) is 8.04. The van der Waals surface area contributed by atoms with E-state index in [1.165, 1.54) is 24.3 Å². The fraction of sp³-hybridized carbons (Fsp3) is 0.364. The van der Waals surface area contributed by atoms with E-state index in [9.17, 15) is 29.8 Å². The first-order chi connectivity index (χ1) is 15.2. The maximum atomic E-state index is 12.7. The van der Waals surface area contributed by atoms with Crippen molar-refractivity contribution >= 4 is 34.6 Å². The number of nitrogens with zero attached hydrogens (tertiary/aromatic N) is 2. The van der Waals surface area contributed by atoms with Crippen molar-refractivity contribution in [1.82, 2.24) is 0 Å². The van der Waals surface area contributed by atoms with E-state index >= 15 is 0 Å². The van der Waals surface area contributed by atoms with Crippen LogP contribution in [-0.4, -0.2) is 21.7 Å². The molecular weight excluding hydrogens is 416 g/mol. The Bertz CT molecular complexity index is 991. The van der Waals surface area contributed by atoms with Crippen LogP contribution in [0.15, 0.2) is 36.4 Å². The van der Waals surface area contributed by atoms with Gasteiger partial charge in [-0.3, -0.25) is 29.8 Å². The van der Waals surface area contributed by atoms with Crippen LogP contribution in [0, 0.1) is 45.9 Å². The van der Waals surface area contributed by atoms with Gasteiger partial charge in [-0.2, -0.15) is 0 Å². The number of carbonyl (C=O) groups excluding carboxylic acids is 2. The lowest BCUT2D eigenvalue weighted by molar-refractivity contribution is -0.385. The number of rotatable bonds is 6. The van der Waals surface area contributed by atoms with E-state index in [2.05, 4.69) is 10.6 Å². The van der Waals surface area contributed by atoms with E-state index < -0.39 is 9.85 Å². The number of non-ortho nitro benzene ring substituents is 2. The highest BCUT2D eigenvalue weighted by atomic mass is 16.6. The third-order valence-corrected chi connectivity index (χ3v) is 5.85. The normalized spacial score (nSPS) is 17.9. The van der Waals surface area contributed by atoms with Gasteiger partial charge in [0.15, 0.2) is 0 Å². The molecule has 2 aromatic rings. The average molecular weight is 440 g/mol. The number of nitrogens with one attached hydrogen (secondary N) is 2. The van der Waals surface area contributed by atoms with E-state index in [1.807, 2.05) is 0 Å². The van der Waals surface area contributed by atoms with Crippen LogP contribution in [-0.2, 0) is 9.59 Å². The first kappa shape index (κ1) is 22.9. The molecule has 1 aliphatic carbocycles. The van der Waals surface area contributed by atoms with Gasteiger partial charge in [-0.1, -0.05) is 12.1 Å². The maximum absolute atomic E-state index is 12.7. The van der Waals surface area contributed by atoms with Gasteiger partial charge in [0, 0.05) is 36.1 Å². The SMILES string of the molecule is Cc1ccc([N+](=O)[O-])cc1NC(=O)C1CCC(C(=O)Nc2cc([N+](=O)[O-])ccc2C)CC1. The van der Waals surface area contributed by atoms with Gasteiger partial charge in [0.25, 0.3) is 11.4 Å². The molecule has 3 rings (SSSR count). The zero-order valence-electron chi connectivity index (χ0n) is 17.8. The molecule has 0 bridgehead atoms. The number of amides is 2. The Morgan fingerprint density at radius 2 is 1.09 bits per heavy atom. The van der Waals surface area contributed by atoms with E-state index in [0.717, 1.165) is 11.1 Å². The zero-order valence-corrected chi connectivity index (χ0v) is 17.8. The summed E-state index contributed by atoms with van der Waals surface area (Å²) in [5.74, 6) is -1.03. The minimum absolute atomic E-state index is 0.0947. The molecule has 2 amide bonds. The van der Waals surface area contributed by atoms with Crippen LogP contribution < -0.4 is 10.6 Å². The molecule has 2 aromatic carbocycles. The molecular formula is C22H24N4O6. The first-order valence-electron chi connectivity index (χ1n) is 10.3. The molecule has 10 heteroatoms. The fourth-order valence-electron chi connectivity index (χ4n) is 3.80. The number of nitro groups is 2. The topological polar surface area (TPSA) is 144 Å². The number of benzene rings is 2. The minimum Gasteiger partial charge on any atom is -0.325 e. The summed E-state index contributed by atoms with van der Waals surface area (Å²) in [6.45, 7) is 3.52. The second kappa shape index (κ2) is 9.54. The van der Waals surface area contributed by atoms with Crippen molar-refractivity contribution in [2.24, 2.45) is 11.8 Å². The summed E-state index contributed by atoms with van der Waals surface area (Å²) in [4.78, 5) is 46.3. The number of hydrogen-bond acceptors (Lipinski definition) is 6. The van der Waals surface area contributed by atoms with Gasteiger partial charge in [0.2, 0.25) is 11.8 Å². The lowest BCUT2D eigenvalue weighted by atomic mass is 9.81. The van der Waals surface area contributed by atoms with Crippen LogP contribution in [0.4, 0.5) is 22.7 Å². The summed E-state index contributed by atoms with van der Waals surface area (Å²) < 4.78 is 0. The molecule has 0 saturated heterocycles. The van der Waals surface area contributed by atoms with Crippen LogP contribution in [0.5, 0.6) is 0 Å². The molecule has 0 spiro atoms. The predicted molar refractivity (Wildman–Crippen MR) is 118 cm³/mol. The highest BCUT2D eigenvalue weighted by molar-refractivity contribution is 5.95. The largest absolute Gasteiger partial charge is 0.325 e. The summed E-state index contributed by atoms with van der Waals surface area (Å²) in [7, 11) is 0. The van der Waals surface area contributed by atoms with Gasteiger partial charge in [0.1, 0.15) is 0 Å². The van der Waals surface area contributed by atoms with Crippen LogP contribution in [0.25, 0.3) is 0 Å². The van der Waals surface area contributed by atoms with Gasteiger partial charge >= 0.3 is 0 Å². The summed E-state index contributed by atoms with van der Waals surface area (Å²) in [5.41, 5.74) is 2.08. The lowest BCUT2D eigenvalue weighted by Gasteiger charge is -2.27. The molecule has 32 heavy (non-hydrogen) atoms. The van der Waals surface area contributed by atoms with E-state index in [-0.39, 0.29) is 35.0 Å². The van der Waals surface area contributed by atoms with Crippen molar-refractivity contribution in [2.75, 3.05) is 10.6 Å². The Morgan fingerprint density at radius 1 is 0.750 bits per heavy atom. The smallest absolute Gasteiger partial charge is 0.271 e. The Kier molecular flexibility index (Phi) is 6.82. The van der Waals surface area contributed by atoms with Crippen LogP contribution in [0.2, 0.25) is 0 Å². The monoisotopic (exact) mass is 440 g/mol. The Morgan fingerprint density at radius 3 is 1.41 bits per heavy atom. The molecule has 1 fully saturated rings. The number of anilines is 2. The lowest BCUT2D eigenvalue weighted by Crippen LogP contribution is -2.32. The predicted octanol–water partition coefficient (Wildman–Crippen LogP) is 4.50. The third kappa shape index (κ3) is 5.26. The van der Waals surface area contributed by atoms with Gasteiger partial charge in [-0.15, -0.1) is 0 Å². The van der Waals surface area contributed by atoms with Crippen molar-refractivity contribution in [2.45, 2.75) is 39.5 Å². The summed E-state index contributed by atoms with van der Waals surface area (Å²) in [6, 6.07) is 8.63. The van der Waals surface area contributed by atoms with Crippen molar-refractivity contribution in [3.8, 4) is 0 Å². The molecule has 0 radical (unpaired) electrons. The van der Waals surface area contributed by atoms with Gasteiger partial charge in [0.05, 0.1) is 21.2 Å². The van der Waals surface area contributed by atoms with Gasteiger partial charge < -0.3 is 10.6 Å². The molecule has 0 aliphatic heterocycles. The van der Waals surface area contributed by atoms with Crippen molar-refractivity contribution < 1.29 is 19.4 Å². The Balaban J connectivity index is 1.58. The molecule has 0 aromatic heterocycles. The molecule has 168 valence electrons. The summed E-state index contributed by atoms with van der Waals surface area (Å²) in [5, 5.41) is 27.5. The van der Waals surface area contributed by atoms with Gasteiger partial charge in [-0.25, -0.2) is 0 Å². The van der Waals surface area contributed by atoms with Gasteiger partial charge in [-0.05, 0) is 50.7 Å². The second-order valence-corrected chi connectivity index (χ2v) is 8.04. The molecule has 0 heterocycles. The fourth-order valence-corrected chi connectivity index (χ4v) is 3.80. The highest BCUT2D eigenvalue weighted by Gasteiger charge is 2.30. The number of carbonyl (C=O) groups is 2. The average Bonchev–Trinajstić information content (AvgIpc) is 2.76. The maximum Gasteiger partial charge on any atom is 0.271 e. The van der Waals surface area contributed by atoms with Crippen molar-refractivity contribution in [3.05, 3.63) is 67.8 Å². The highest BCUT2D eigenvalue weighted by Crippen LogP contribution is 2.32. The van der Waals surface area contributed by atoms with Crippen molar-refractivity contribution in [3.63, 3.8) is 0 Å². The Hall–Kier alpha value is -3.82. The summed E-state index contributed by atoms with van der Waals surface area (Å²) >= 11 is 0. The van der Waals surface area contributed by atoms with Crippen molar-refractivity contribution in [1.29, 1.82) is 0 Å².